The molecule has 4 rings (SSSR count). The summed E-state index contributed by atoms with van der Waals surface area (Å²) in [5.41, 5.74) is 1.00. The number of hydrogen-bond donors (Lipinski definition) is 1. The Balaban J connectivity index is 1.49. The molecule has 0 spiro atoms. The fourth-order valence-corrected chi connectivity index (χ4v) is 5.57. The standard InChI is InChI=1S/C27H38ClN3O3/c1-27(2,3)20-8-11-23-22(17-20)31(18-25(32)29-12-15-30-13-4-5-14-30)26(33)24(34-23)16-19-6-9-21(28)10-7-19/h6-7,9-10,16,20,22-23H,4-5,8,11-15,17-18H2,1-3H3,(H,29,32)/b24-16+. The second kappa shape index (κ2) is 10.7. The van der Waals surface area contributed by atoms with Gasteiger partial charge in [0.05, 0.1) is 6.04 Å². The van der Waals surface area contributed by atoms with Crippen molar-refractivity contribution in [3.63, 3.8) is 0 Å². The largest absolute Gasteiger partial charge is 0.482 e. The van der Waals surface area contributed by atoms with Crippen LogP contribution in [-0.4, -0.2) is 66.5 Å². The monoisotopic (exact) mass is 487 g/mol. The average Bonchev–Trinajstić information content (AvgIpc) is 3.31. The van der Waals surface area contributed by atoms with E-state index in [0.717, 1.165) is 44.5 Å². The number of likely N-dealkylation sites (tertiary alicyclic amines) is 1. The van der Waals surface area contributed by atoms with Crippen LogP contribution in [0.15, 0.2) is 30.0 Å². The lowest BCUT2D eigenvalue weighted by Crippen LogP contribution is -2.58. The first-order chi connectivity index (χ1) is 16.2. The number of fused-ring (bicyclic) bond motifs is 1. The predicted octanol–water partition coefficient (Wildman–Crippen LogP) is 4.34. The zero-order valence-corrected chi connectivity index (χ0v) is 21.4. The lowest BCUT2D eigenvalue weighted by Gasteiger charge is -2.48. The maximum Gasteiger partial charge on any atom is 0.289 e. The fraction of sp³-hybridized carbons (Fsp3) is 0.630. The molecule has 0 bridgehead atoms. The Labute approximate surface area is 208 Å². The van der Waals surface area contributed by atoms with Crippen molar-refractivity contribution in [1.29, 1.82) is 0 Å². The van der Waals surface area contributed by atoms with E-state index in [0.29, 0.717) is 23.2 Å². The molecule has 2 amide bonds. The molecule has 3 unspecified atom stereocenters. The second-order valence-corrected chi connectivity index (χ2v) is 11.4. The molecule has 2 aliphatic heterocycles. The minimum absolute atomic E-state index is 0.0676. The third-order valence-electron chi connectivity index (χ3n) is 7.56. The molecule has 1 N–H and O–H groups in total. The molecule has 1 saturated carbocycles. The van der Waals surface area contributed by atoms with Crippen LogP contribution in [0, 0.1) is 11.3 Å². The quantitative estimate of drug-likeness (QED) is 0.606. The molecule has 1 aromatic carbocycles. The summed E-state index contributed by atoms with van der Waals surface area (Å²) in [5.74, 6) is 0.479. The Morgan fingerprint density at radius 1 is 1.18 bits per heavy atom. The highest BCUT2D eigenvalue weighted by Crippen LogP contribution is 2.42. The van der Waals surface area contributed by atoms with E-state index in [1.54, 1.807) is 23.1 Å². The van der Waals surface area contributed by atoms with Gasteiger partial charge in [-0.15, -0.1) is 0 Å². The maximum atomic E-state index is 13.5. The summed E-state index contributed by atoms with van der Waals surface area (Å²) in [7, 11) is 0. The number of rotatable bonds is 6. The van der Waals surface area contributed by atoms with Gasteiger partial charge >= 0.3 is 0 Å². The topological polar surface area (TPSA) is 61.9 Å². The van der Waals surface area contributed by atoms with Crippen molar-refractivity contribution in [2.75, 3.05) is 32.7 Å². The van der Waals surface area contributed by atoms with Crippen LogP contribution in [0.1, 0.15) is 58.4 Å². The Hall–Kier alpha value is -2.05. The van der Waals surface area contributed by atoms with Gasteiger partial charge in [-0.2, -0.15) is 0 Å². The minimum Gasteiger partial charge on any atom is -0.482 e. The Morgan fingerprint density at radius 3 is 2.56 bits per heavy atom. The molecule has 3 aliphatic rings. The van der Waals surface area contributed by atoms with Crippen molar-refractivity contribution in [2.24, 2.45) is 11.3 Å². The minimum atomic E-state index is -0.208. The summed E-state index contributed by atoms with van der Waals surface area (Å²) >= 11 is 6.01. The number of nitrogens with zero attached hydrogens (tertiary/aromatic N) is 2. The molecular weight excluding hydrogens is 450 g/mol. The molecule has 6 nitrogen and oxygen atoms in total. The van der Waals surface area contributed by atoms with Crippen LogP contribution in [0.4, 0.5) is 0 Å². The summed E-state index contributed by atoms with van der Waals surface area (Å²) in [5, 5.41) is 3.68. The molecule has 0 aromatic heterocycles. The van der Waals surface area contributed by atoms with E-state index in [1.165, 1.54) is 12.8 Å². The summed E-state index contributed by atoms with van der Waals surface area (Å²) in [6.07, 6.45) is 6.94. The second-order valence-electron chi connectivity index (χ2n) is 11.0. The highest BCUT2D eigenvalue weighted by atomic mass is 35.5. The normalized spacial score (nSPS) is 26.9. The van der Waals surface area contributed by atoms with Gasteiger partial charge in [-0.1, -0.05) is 44.5 Å². The summed E-state index contributed by atoms with van der Waals surface area (Å²) < 4.78 is 6.26. The fourth-order valence-electron chi connectivity index (χ4n) is 5.44. The third-order valence-corrected chi connectivity index (χ3v) is 7.81. The van der Waals surface area contributed by atoms with Gasteiger partial charge in [0, 0.05) is 18.1 Å². The van der Waals surface area contributed by atoms with Crippen LogP contribution in [0.5, 0.6) is 0 Å². The van der Waals surface area contributed by atoms with Gasteiger partial charge in [0.25, 0.3) is 5.91 Å². The first kappa shape index (κ1) is 25.1. The Kier molecular flexibility index (Phi) is 7.88. The molecule has 2 heterocycles. The third kappa shape index (κ3) is 6.14. The number of benzene rings is 1. The molecular formula is C27H38ClN3O3. The number of carbonyl (C=O) groups is 2. The number of carbonyl (C=O) groups excluding carboxylic acids is 2. The lowest BCUT2D eigenvalue weighted by atomic mass is 9.69. The summed E-state index contributed by atoms with van der Waals surface area (Å²) in [6.45, 7) is 10.5. The van der Waals surface area contributed by atoms with E-state index in [1.807, 2.05) is 12.1 Å². The van der Waals surface area contributed by atoms with E-state index in [-0.39, 0.29) is 35.9 Å². The zero-order chi connectivity index (χ0) is 24.3. The number of hydrogen-bond acceptors (Lipinski definition) is 4. The zero-order valence-electron chi connectivity index (χ0n) is 20.7. The van der Waals surface area contributed by atoms with Crippen molar-refractivity contribution >= 4 is 29.5 Å². The van der Waals surface area contributed by atoms with E-state index >= 15 is 0 Å². The molecule has 3 atom stereocenters. The highest BCUT2D eigenvalue weighted by Gasteiger charge is 2.46. The van der Waals surface area contributed by atoms with Crippen LogP contribution in [0.25, 0.3) is 6.08 Å². The number of morpholine rings is 1. The van der Waals surface area contributed by atoms with Crippen molar-refractivity contribution in [1.82, 2.24) is 15.1 Å². The van der Waals surface area contributed by atoms with Crippen LogP contribution < -0.4 is 5.32 Å². The van der Waals surface area contributed by atoms with Crippen molar-refractivity contribution in [3.05, 3.63) is 40.6 Å². The average molecular weight is 488 g/mol. The van der Waals surface area contributed by atoms with Gasteiger partial charge in [-0.25, -0.2) is 0 Å². The van der Waals surface area contributed by atoms with E-state index in [9.17, 15) is 9.59 Å². The number of nitrogens with one attached hydrogen (secondary N) is 1. The SMILES string of the molecule is CC(C)(C)C1CCC2O/C(=C/c3ccc(Cl)cc3)C(=O)N(CC(=O)NCCN3CCCC3)C2C1. The maximum absolute atomic E-state index is 13.5. The Bertz CT molecular complexity index is 903. The van der Waals surface area contributed by atoms with Gasteiger partial charge in [0.15, 0.2) is 5.76 Å². The first-order valence-electron chi connectivity index (χ1n) is 12.6. The molecule has 7 heteroatoms. The van der Waals surface area contributed by atoms with Gasteiger partial charge in [0.2, 0.25) is 5.91 Å². The van der Waals surface area contributed by atoms with Crippen molar-refractivity contribution in [2.45, 2.75) is 65.0 Å². The molecule has 1 aromatic rings. The molecule has 2 saturated heterocycles. The Morgan fingerprint density at radius 2 is 1.88 bits per heavy atom. The van der Waals surface area contributed by atoms with Crippen molar-refractivity contribution < 1.29 is 14.3 Å². The van der Waals surface area contributed by atoms with Crippen LogP contribution in [0.3, 0.4) is 0 Å². The van der Waals surface area contributed by atoms with Crippen molar-refractivity contribution in [3.8, 4) is 0 Å². The predicted molar refractivity (Wildman–Crippen MR) is 135 cm³/mol. The molecule has 34 heavy (non-hydrogen) atoms. The van der Waals surface area contributed by atoms with Gasteiger partial charge in [-0.05, 0) is 80.3 Å². The number of halogens is 1. The highest BCUT2D eigenvalue weighted by molar-refractivity contribution is 6.30. The summed E-state index contributed by atoms with van der Waals surface area (Å²) in [6, 6.07) is 7.24. The molecule has 1 aliphatic carbocycles. The van der Waals surface area contributed by atoms with E-state index in [4.69, 9.17) is 16.3 Å². The van der Waals surface area contributed by atoms with E-state index in [2.05, 4.69) is 31.0 Å². The van der Waals surface area contributed by atoms with Crippen LogP contribution >= 0.6 is 11.6 Å². The molecule has 0 radical (unpaired) electrons. The number of ether oxygens (including phenoxy) is 1. The van der Waals surface area contributed by atoms with Crippen LogP contribution in [0.2, 0.25) is 5.02 Å². The van der Waals surface area contributed by atoms with Gasteiger partial charge in [-0.3, -0.25) is 9.59 Å². The van der Waals surface area contributed by atoms with Gasteiger partial charge < -0.3 is 19.9 Å². The molecule has 3 fully saturated rings. The summed E-state index contributed by atoms with van der Waals surface area (Å²) in [4.78, 5) is 30.6. The smallest absolute Gasteiger partial charge is 0.289 e. The first-order valence-corrected chi connectivity index (χ1v) is 13.0. The lowest BCUT2D eigenvalue weighted by molar-refractivity contribution is -0.154. The van der Waals surface area contributed by atoms with E-state index < -0.39 is 0 Å². The van der Waals surface area contributed by atoms with Gasteiger partial charge in [0.1, 0.15) is 12.6 Å². The van der Waals surface area contributed by atoms with Crippen LogP contribution in [-0.2, 0) is 14.3 Å². The molecule has 186 valence electrons. The number of amides is 2.